The number of para-hydroxylation sites is 1. The van der Waals surface area contributed by atoms with Gasteiger partial charge in [-0.2, -0.15) is 0 Å². The molecule has 1 aromatic heterocycles. The van der Waals surface area contributed by atoms with Crippen molar-refractivity contribution in [1.29, 1.82) is 0 Å². The van der Waals surface area contributed by atoms with Crippen LogP contribution in [0.4, 0.5) is 11.4 Å². The number of fused-ring (bicyclic) bond motifs is 1. The van der Waals surface area contributed by atoms with Crippen molar-refractivity contribution in [1.82, 2.24) is 4.98 Å². The quantitative estimate of drug-likeness (QED) is 0.626. The van der Waals surface area contributed by atoms with E-state index in [4.69, 9.17) is 0 Å². The highest BCUT2D eigenvalue weighted by molar-refractivity contribution is 5.97. The molecule has 0 aliphatic carbocycles. The van der Waals surface area contributed by atoms with Gasteiger partial charge in [-0.25, -0.2) is 4.98 Å². The summed E-state index contributed by atoms with van der Waals surface area (Å²) in [5.41, 5.74) is 2.34. The highest BCUT2D eigenvalue weighted by Crippen LogP contribution is 2.32. The molecule has 0 aliphatic heterocycles. The fraction of sp³-hybridized carbons (Fsp3) is 0.357. The van der Waals surface area contributed by atoms with Crippen LogP contribution < -0.4 is 4.90 Å². The van der Waals surface area contributed by atoms with Crippen LogP contribution in [0.3, 0.4) is 0 Å². The van der Waals surface area contributed by atoms with Gasteiger partial charge in [0.15, 0.2) is 5.52 Å². The molecule has 0 radical (unpaired) electrons. The Labute approximate surface area is 112 Å². The first-order valence-corrected chi connectivity index (χ1v) is 6.17. The maximum Gasteiger partial charge on any atom is 0.295 e. The van der Waals surface area contributed by atoms with Crippen LogP contribution in [0.1, 0.15) is 25.5 Å². The summed E-state index contributed by atoms with van der Waals surface area (Å²) >= 11 is 0. The van der Waals surface area contributed by atoms with E-state index in [0.717, 1.165) is 16.8 Å². The molecule has 1 aromatic carbocycles. The molecule has 5 nitrogen and oxygen atoms in total. The van der Waals surface area contributed by atoms with Gasteiger partial charge >= 0.3 is 0 Å². The Bertz CT molecular complexity index is 636. The summed E-state index contributed by atoms with van der Waals surface area (Å²) in [7, 11) is 3.86. The topological polar surface area (TPSA) is 59.3 Å². The molecule has 2 rings (SSSR count). The highest BCUT2D eigenvalue weighted by Gasteiger charge is 2.17. The number of nitro groups is 1. The fourth-order valence-corrected chi connectivity index (χ4v) is 2.05. The summed E-state index contributed by atoms with van der Waals surface area (Å²) in [5, 5.41) is 11.9. The zero-order valence-corrected chi connectivity index (χ0v) is 11.5. The third kappa shape index (κ3) is 2.36. The lowest BCUT2D eigenvalue weighted by atomic mass is 10.1. The summed E-state index contributed by atoms with van der Waals surface area (Å²) in [6.45, 7) is 4.06. The maximum absolute atomic E-state index is 11.1. The molecule has 0 bridgehead atoms. The first-order valence-electron chi connectivity index (χ1n) is 6.17. The Kier molecular flexibility index (Phi) is 3.38. The first-order chi connectivity index (χ1) is 8.91. The average Bonchev–Trinajstić information content (AvgIpc) is 2.36. The second-order valence-corrected chi connectivity index (χ2v) is 5.05. The van der Waals surface area contributed by atoms with Crippen LogP contribution in [-0.4, -0.2) is 24.0 Å². The number of nitro benzene ring substituents is 1. The first kappa shape index (κ1) is 13.3. The number of hydrogen-bond acceptors (Lipinski definition) is 4. The number of non-ortho nitro benzene ring substituents is 1. The second kappa shape index (κ2) is 4.84. The van der Waals surface area contributed by atoms with Gasteiger partial charge in [0.2, 0.25) is 0 Å². The molecule has 2 aromatic rings. The molecule has 19 heavy (non-hydrogen) atoms. The van der Waals surface area contributed by atoms with E-state index >= 15 is 0 Å². The molecule has 0 saturated heterocycles. The lowest BCUT2D eigenvalue weighted by Gasteiger charge is -2.17. The van der Waals surface area contributed by atoms with E-state index in [1.54, 1.807) is 6.07 Å². The summed E-state index contributed by atoms with van der Waals surface area (Å²) in [6.07, 6.45) is 0. The molecular formula is C14H17N3O2. The summed E-state index contributed by atoms with van der Waals surface area (Å²) in [4.78, 5) is 17.2. The minimum atomic E-state index is -0.376. The molecule has 0 N–H and O–H groups in total. The zero-order valence-electron chi connectivity index (χ0n) is 11.5. The van der Waals surface area contributed by atoms with Crippen molar-refractivity contribution in [2.24, 2.45) is 0 Å². The minimum absolute atomic E-state index is 0.0584. The lowest BCUT2D eigenvalue weighted by molar-refractivity contribution is -0.383. The average molecular weight is 259 g/mol. The third-order valence-corrected chi connectivity index (χ3v) is 3.09. The van der Waals surface area contributed by atoms with Gasteiger partial charge in [-0.1, -0.05) is 26.0 Å². The molecule has 0 fully saturated rings. The van der Waals surface area contributed by atoms with Crippen molar-refractivity contribution in [3.8, 4) is 0 Å². The van der Waals surface area contributed by atoms with Crippen LogP contribution in [0.25, 0.3) is 10.9 Å². The number of hydrogen-bond donors (Lipinski definition) is 0. The summed E-state index contributed by atoms with van der Waals surface area (Å²) in [6, 6.07) is 7.06. The van der Waals surface area contributed by atoms with Gasteiger partial charge in [0.25, 0.3) is 5.69 Å². The normalized spacial score (nSPS) is 11.0. The van der Waals surface area contributed by atoms with Crippen molar-refractivity contribution >= 4 is 22.3 Å². The standard InChI is InChI=1S/C14H17N3O2/c1-9(2)11-8-13(16(3)4)10-6-5-7-12(17(18)19)14(10)15-11/h5-9H,1-4H3. The molecule has 0 amide bonds. The Hall–Kier alpha value is -2.17. The van der Waals surface area contributed by atoms with E-state index in [-0.39, 0.29) is 16.5 Å². The van der Waals surface area contributed by atoms with Crippen molar-refractivity contribution in [3.63, 3.8) is 0 Å². The number of aromatic nitrogens is 1. The third-order valence-electron chi connectivity index (χ3n) is 3.09. The Balaban J connectivity index is 2.87. The minimum Gasteiger partial charge on any atom is -0.377 e. The molecule has 100 valence electrons. The van der Waals surface area contributed by atoms with Crippen molar-refractivity contribution in [2.75, 3.05) is 19.0 Å². The monoisotopic (exact) mass is 259 g/mol. The van der Waals surface area contributed by atoms with E-state index in [9.17, 15) is 10.1 Å². The van der Waals surface area contributed by atoms with Crippen LogP contribution in [0, 0.1) is 10.1 Å². The van der Waals surface area contributed by atoms with Gasteiger partial charge in [0, 0.05) is 36.9 Å². The van der Waals surface area contributed by atoms with Crippen LogP contribution in [-0.2, 0) is 0 Å². The van der Waals surface area contributed by atoms with E-state index in [1.807, 2.05) is 45.0 Å². The predicted octanol–water partition coefficient (Wildman–Crippen LogP) is 3.33. The Morgan fingerprint density at radius 1 is 1.32 bits per heavy atom. The number of anilines is 1. The predicted molar refractivity (Wildman–Crippen MR) is 76.8 cm³/mol. The lowest BCUT2D eigenvalue weighted by Crippen LogP contribution is -2.11. The highest BCUT2D eigenvalue weighted by atomic mass is 16.6. The number of rotatable bonds is 3. The smallest absolute Gasteiger partial charge is 0.295 e. The molecule has 5 heteroatoms. The van der Waals surface area contributed by atoms with Gasteiger partial charge in [0.05, 0.1) is 4.92 Å². The van der Waals surface area contributed by atoms with E-state index < -0.39 is 0 Å². The Morgan fingerprint density at radius 2 is 2.00 bits per heavy atom. The largest absolute Gasteiger partial charge is 0.377 e. The van der Waals surface area contributed by atoms with Crippen LogP contribution in [0.2, 0.25) is 0 Å². The van der Waals surface area contributed by atoms with Crippen molar-refractivity contribution in [3.05, 3.63) is 40.1 Å². The molecule has 0 unspecified atom stereocenters. The van der Waals surface area contributed by atoms with Crippen LogP contribution in [0.15, 0.2) is 24.3 Å². The van der Waals surface area contributed by atoms with Crippen molar-refractivity contribution in [2.45, 2.75) is 19.8 Å². The van der Waals surface area contributed by atoms with Gasteiger partial charge in [-0.15, -0.1) is 0 Å². The number of benzene rings is 1. The molecule has 0 aliphatic rings. The van der Waals surface area contributed by atoms with E-state index in [1.165, 1.54) is 6.07 Å². The van der Waals surface area contributed by atoms with E-state index in [0.29, 0.717) is 5.52 Å². The zero-order chi connectivity index (χ0) is 14.2. The van der Waals surface area contributed by atoms with Gasteiger partial charge in [-0.05, 0) is 12.0 Å². The maximum atomic E-state index is 11.1. The van der Waals surface area contributed by atoms with E-state index in [2.05, 4.69) is 4.98 Å². The molecule has 1 heterocycles. The summed E-state index contributed by atoms with van der Waals surface area (Å²) in [5.74, 6) is 0.225. The van der Waals surface area contributed by atoms with Crippen molar-refractivity contribution < 1.29 is 4.92 Å². The number of pyridine rings is 1. The molecule has 0 spiro atoms. The van der Waals surface area contributed by atoms with Crippen LogP contribution >= 0.6 is 0 Å². The Morgan fingerprint density at radius 3 is 2.53 bits per heavy atom. The van der Waals surface area contributed by atoms with Gasteiger partial charge < -0.3 is 4.90 Å². The summed E-state index contributed by atoms with van der Waals surface area (Å²) < 4.78 is 0. The van der Waals surface area contributed by atoms with Crippen LogP contribution in [0.5, 0.6) is 0 Å². The molecule has 0 saturated carbocycles. The molecular weight excluding hydrogens is 242 g/mol. The van der Waals surface area contributed by atoms with Gasteiger partial charge in [0.1, 0.15) is 0 Å². The fourth-order valence-electron chi connectivity index (χ4n) is 2.05. The molecule has 0 atom stereocenters. The SMILES string of the molecule is CC(C)c1cc(N(C)C)c2cccc([N+](=O)[O-])c2n1. The second-order valence-electron chi connectivity index (χ2n) is 5.05. The van der Waals surface area contributed by atoms with Gasteiger partial charge in [-0.3, -0.25) is 10.1 Å². The number of nitrogens with zero attached hydrogens (tertiary/aromatic N) is 3.